The van der Waals surface area contributed by atoms with Crippen molar-refractivity contribution in [3.05, 3.63) is 12.4 Å². The van der Waals surface area contributed by atoms with Crippen LogP contribution in [0.3, 0.4) is 0 Å². The Kier molecular flexibility index (Phi) is 5.41. The van der Waals surface area contributed by atoms with Crippen LogP contribution in [-0.4, -0.2) is 11.6 Å². The Morgan fingerprint density at radius 3 is 2.54 bits per heavy atom. The van der Waals surface area contributed by atoms with Gasteiger partial charge in [0.2, 0.25) is 0 Å². The van der Waals surface area contributed by atoms with Gasteiger partial charge >= 0.3 is 0 Å². The number of hydrogen-bond acceptors (Lipinski definition) is 3. The molecule has 0 saturated heterocycles. The summed E-state index contributed by atoms with van der Waals surface area (Å²) in [5.41, 5.74) is 5.96. The molecule has 3 nitrogen and oxygen atoms in total. The van der Waals surface area contributed by atoms with Crippen molar-refractivity contribution in [3.63, 3.8) is 0 Å². The van der Waals surface area contributed by atoms with Crippen LogP contribution >= 0.6 is 0 Å². The molecular weight excluding hydrogens is 162 g/mol. The smallest absolute Gasteiger partial charge is 0.0356 e. The molecular formula is C10H21N3. The summed E-state index contributed by atoms with van der Waals surface area (Å²) in [6.07, 6.45) is 12.1. The Morgan fingerprint density at radius 1 is 1.08 bits per heavy atom. The first-order chi connectivity index (χ1) is 6.43. The SMILES string of the molecule is CCCCCCCCN1C=CNN1. The second-order valence-electron chi connectivity index (χ2n) is 3.53. The molecule has 0 aromatic carbocycles. The fourth-order valence-electron chi connectivity index (χ4n) is 1.48. The molecule has 1 aliphatic heterocycles. The van der Waals surface area contributed by atoms with Crippen molar-refractivity contribution >= 4 is 0 Å². The molecule has 2 N–H and O–H groups in total. The molecule has 1 aliphatic rings. The van der Waals surface area contributed by atoms with Crippen molar-refractivity contribution in [3.8, 4) is 0 Å². The normalized spacial score (nSPS) is 15.0. The fourth-order valence-corrected chi connectivity index (χ4v) is 1.48. The summed E-state index contributed by atoms with van der Waals surface area (Å²) in [5.74, 6) is 0. The molecule has 13 heavy (non-hydrogen) atoms. The first kappa shape index (κ1) is 10.4. The van der Waals surface area contributed by atoms with E-state index in [1.807, 2.05) is 12.4 Å². The Bertz CT molecular complexity index is 145. The highest BCUT2D eigenvalue weighted by Gasteiger charge is 2.00. The summed E-state index contributed by atoms with van der Waals surface area (Å²) in [7, 11) is 0. The second kappa shape index (κ2) is 6.78. The average molecular weight is 183 g/mol. The Hall–Kier alpha value is -0.700. The molecule has 76 valence electrons. The van der Waals surface area contributed by atoms with Crippen LogP contribution < -0.4 is 11.0 Å². The van der Waals surface area contributed by atoms with Gasteiger partial charge in [-0.2, -0.15) is 0 Å². The van der Waals surface area contributed by atoms with Gasteiger partial charge in [0.15, 0.2) is 0 Å². The Morgan fingerprint density at radius 2 is 1.85 bits per heavy atom. The van der Waals surface area contributed by atoms with E-state index in [0.29, 0.717) is 0 Å². The first-order valence-corrected chi connectivity index (χ1v) is 5.38. The second-order valence-corrected chi connectivity index (χ2v) is 3.53. The highest BCUT2D eigenvalue weighted by molar-refractivity contribution is 4.81. The summed E-state index contributed by atoms with van der Waals surface area (Å²) in [4.78, 5) is 0. The predicted molar refractivity (Wildman–Crippen MR) is 55.5 cm³/mol. The van der Waals surface area contributed by atoms with Crippen LogP contribution in [0.2, 0.25) is 0 Å². The van der Waals surface area contributed by atoms with Crippen LogP contribution in [-0.2, 0) is 0 Å². The molecule has 0 aliphatic carbocycles. The zero-order valence-corrected chi connectivity index (χ0v) is 8.55. The van der Waals surface area contributed by atoms with Gasteiger partial charge in [-0.1, -0.05) is 39.0 Å². The van der Waals surface area contributed by atoms with Gasteiger partial charge in [-0.15, -0.1) is 5.53 Å². The topological polar surface area (TPSA) is 27.3 Å². The molecule has 1 rings (SSSR count). The number of nitrogens with zero attached hydrogens (tertiary/aromatic N) is 1. The van der Waals surface area contributed by atoms with Gasteiger partial charge in [0, 0.05) is 18.9 Å². The third-order valence-electron chi connectivity index (χ3n) is 2.30. The van der Waals surface area contributed by atoms with Gasteiger partial charge in [-0.3, -0.25) is 5.01 Å². The molecule has 0 atom stereocenters. The van der Waals surface area contributed by atoms with Gasteiger partial charge in [0.25, 0.3) is 0 Å². The van der Waals surface area contributed by atoms with Crippen LogP contribution in [0.15, 0.2) is 12.4 Å². The molecule has 0 fully saturated rings. The van der Waals surface area contributed by atoms with E-state index in [9.17, 15) is 0 Å². The minimum atomic E-state index is 1.11. The van der Waals surface area contributed by atoms with Crippen molar-refractivity contribution in [2.75, 3.05) is 6.54 Å². The van der Waals surface area contributed by atoms with Gasteiger partial charge in [0.1, 0.15) is 0 Å². The predicted octanol–water partition coefficient (Wildman–Crippen LogP) is 2.14. The number of hydrazine groups is 2. The molecule has 1 heterocycles. The van der Waals surface area contributed by atoms with E-state index in [1.165, 1.54) is 38.5 Å². The standard InChI is InChI=1S/C10H21N3/c1-2-3-4-5-6-7-9-13-10-8-11-12-13/h8,10-12H,2-7,9H2,1H3. The molecule has 0 bridgehead atoms. The highest BCUT2D eigenvalue weighted by Crippen LogP contribution is 2.05. The summed E-state index contributed by atoms with van der Waals surface area (Å²) in [6, 6.07) is 0. The summed E-state index contributed by atoms with van der Waals surface area (Å²) >= 11 is 0. The monoisotopic (exact) mass is 183 g/mol. The van der Waals surface area contributed by atoms with E-state index < -0.39 is 0 Å². The van der Waals surface area contributed by atoms with E-state index in [-0.39, 0.29) is 0 Å². The van der Waals surface area contributed by atoms with Crippen molar-refractivity contribution in [2.45, 2.75) is 45.4 Å². The van der Waals surface area contributed by atoms with Crippen molar-refractivity contribution in [2.24, 2.45) is 0 Å². The van der Waals surface area contributed by atoms with Crippen LogP contribution in [0.4, 0.5) is 0 Å². The lowest BCUT2D eigenvalue weighted by atomic mass is 10.1. The number of unbranched alkanes of at least 4 members (excludes halogenated alkanes) is 5. The Balaban J connectivity index is 1.81. The van der Waals surface area contributed by atoms with Crippen LogP contribution in [0, 0.1) is 0 Å². The van der Waals surface area contributed by atoms with Crippen molar-refractivity contribution in [1.29, 1.82) is 0 Å². The lowest BCUT2D eigenvalue weighted by Crippen LogP contribution is -2.35. The maximum atomic E-state index is 3.03. The zero-order chi connectivity index (χ0) is 9.36. The number of nitrogens with one attached hydrogen (secondary N) is 2. The van der Waals surface area contributed by atoms with Gasteiger partial charge in [-0.05, 0) is 6.42 Å². The van der Waals surface area contributed by atoms with Crippen LogP contribution in [0.5, 0.6) is 0 Å². The number of rotatable bonds is 7. The lowest BCUT2D eigenvalue weighted by Gasteiger charge is -2.14. The highest BCUT2D eigenvalue weighted by atomic mass is 15.7. The van der Waals surface area contributed by atoms with Crippen LogP contribution in [0.1, 0.15) is 45.4 Å². The summed E-state index contributed by atoms with van der Waals surface area (Å²) < 4.78 is 0. The molecule has 0 unspecified atom stereocenters. The fraction of sp³-hybridized carbons (Fsp3) is 0.800. The maximum absolute atomic E-state index is 3.03. The van der Waals surface area contributed by atoms with E-state index in [2.05, 4.69) is 22.9 Å². The van der Waals surface area contributed by atoms with Gasteiger partial charge in [0.05, 0.1) is 0 Å². The van der Waals surface area contributed by atoms with E-state index >= 15 is 0 Å². The van der Waals surface area contributed by atoms with Crippen LogP contribution in [0.25, 0.3) is 0 Å². The third-order valence-corrected chi connectivity index (χ3v) is 2.30. The van der Waals surface area contributed by atoms with Crippen molar-refractivity contribution < 1.29 is 0 Å². The lowest BCUT2D eigenvalue weighted by molar-refractivity contribution is 0.265. The zero-order valence-electron chi connectivity index (χ0n) is 8.55. The largest absolute Gasteiger partial charge is 0.310 e. The molecule has 0 saturated carbocycles. The Labute approximate surface area is 81.1 Å². The van der Waals surface area contributed by atoms with Gasteiger partial charge in [-0.25, -0.2) is 0 Å². The first-order valence-electron chi connectivity index (χ1n) is 5.38. The molecule has 0 radical (unpaired) electrons. The molecule has 0 aromatic rings. The van der Waals surface area contributed by atoms with E-state index in [0.717, 1.165) is 6.54 Å². The summed E-state index contributed by atoms with van der Waals surface area (Å²) in [5, 5.41) is 2.08. The number of hydrogen-bond donors (Lipinski definition) is 2. The minimum absolute atomic E-state index is 1.11. The third kappa shape index (κ3) is 4.78. The minimum Gasteiger partial charge on any atom is -0.310 e. The molecule has 0 amide bonds. The van der Waals surface area contributed by atoms with Crippen molar-refractivity contribution in [1.82, 2.24) is 16.0 Å². The average Bonchev–Trinajstić information content (AvgIpc) is 2.63. The summed E-state index contributed by atoms with van der Waals surface area (Å²) in [6.45, 7) is 3.36. The molecule has 0 spiro atoms. The quantitative estimate of drug-likeness (QED) is 0.592. The molecule has 3 heteroatoms. The van der Waals surface area contributed by atoms with Gasteiger partial charge < -0.3 is 5.43 Å². The van der Waals surface area contributed by atoms with E-state index in [4.69, 9.17) is 0 Å². The van der Waals surface area contributed by atoms with E-state index in [1.54, 1.807) is 0 Å². The maximum Gasteiger partial charge on any atom is 0.0356 e. The molecule has 0 aromatic heterocycles.